The average molecular weight is 232 g/mol. The summed E-state index contributed by atoms with van der Waals surface area (Å²) in [7, 11) is 2.01. The molecule has 1 aromatic rings. The Hall–Kier alpha value is -1.68. The van der Waals surface area contributed by atoms with Crippen molar-refractivity contribution in [3.05, 3.63) is 30.3 Å². The van der Waals surface area contributed by atoms with Gasteiger partial charge in [-0.2, -0.15) is 0 Å². The SMILES string of the molecule is CN(c1ccccc1)C1CNC(C(=O)C=O)C1. The van der Waals surface area contributed by atoms with E-state index in [-0.39, 0.29) is 17.9 Å². The number of aldehydes is 1. The van der Waals surface area contributed by atoms with Gasteiger partial charge in [-0.25, -0.2) is 0 Å². The van der Waals surface area contributed by atoms with Gasteiger partial charge in [0.05, 0.1) is 6.04 Å². The third-order valence-electron chi connectivity index (χ3n) is 3.28. The number of anilines is 1. The standard InChI is InChI=1S/C13H16N2O2/c1-15(10-5-3-2-4-6-10)11-7-12(14-8-11)13(17)9-16/h2-6,9,11-12,14H,7-8H2,1H3. The zero-order valence-corrected chi connectivity index (χ0v) is 9.80. The van der Waals surface area contributed by atoms with Crippen LogP contribution in [0.25, 0.3) is 0 Å². The van der Waals surface area contributed by atoms with Gasteiger partial charge in [0.25, 0.3) is 0 Å². The van der Waals surface area contributed by atoms with Gasteiger partial charge in [-0.3, -0.25) is 9.59 Å². The number of nitrogens with zero attached hydrogens (tertiary/aromatic N) is 1. The van der Waals surface area contributed by atoms with E-state index in [4.69, 9.17) is 0 Å². The van der Waals surface area contributed by atoms with Crippen LogP contribution in [0.4, 0.5) is 5.69 Å². The average Bonchev–Trinajstić information content (AvgIpc) is 2.87. The van der Waals surface area contributed by atoms with Gasteiger partial charge in [0.15, 0.2) is 6.29 Å². The Labute approximate surface area is 101 Å². The molecule has 90 valence electrons. The van der Waals surface area contributed by atoms with Crippen molar-refractivity contribution in [3.8, 4) is 0 Å². The first-order valence-electron chi connectivity index (χ1n) is 5.72. The molecule has 0 aromatic heterocycles. The Bertz CT molecular complexity index is 405. The molecule has 0 radical (unpaired) electrons. The summed E-state index contributed by atoms with van der Waals surface area (Å²) < 4.78 is 0. The van der Waals surface area contributed by atoms with Crippen molar-refractivity contribution in [2.45, 2.75) is 18.5 Å². The molecular weight excluding hydrogens is 216 g/mol. The Kier molecular flexibility index (Phi) is 3.54. The van der Waals surface area contributed by atoms with Crippen LogP contribution in [0.15, 0.2) is 30.3 Å². The monoisotopic (exact) mass is 232 g/mol. The zero-order chi connectivity index (χ0) is 12.3. The molecule has 17 heavy (non-hydrogen) atoms. The number of para-hydroxylation sites is 1. The molecule has 0 saturated carbocycles. The molecule has 0 spiro atoms. The van der Waals surface area contributed by atoms with Crippen molar-refractivity contribution >= 4 is 17.8 Å². The summed E-state index contributed by atoms with van der Waals surface area (Å²) in [5.41, 5.74) is 1.12. The fraction of sp³-hybridized carbons (Fsp3) is 0.385. The molecule has 2 unspecified atom stereocenters. The van der Waals surface area contributed by atoms with Crippen molar-refractivity contribution in [2.24, 2.45) is 0 Å². The summed E-state index contributed by atoms with van der Waals surface area (Å²) in [5, 5.41) is 3.09. The van der Waals surface area contributed by atoms with Gasteiger partial charge in [-0.15, -0.1) is 0 Å². The highest BCUT2D eigenvalue weighted by Crippen LogP contribution is 2.20. The minimum atomic E-state index is -0.353. The maximum atomic E-state index is 11.3. The molecule has 1 aromatic carbocycles. The number of nitrogens with one attached hydrogen (secondary N) is 1. The van der Waals surface area contributed by atoms with Crippen LogP contribution in [-0.4, -0.2) is 37.7 Å². The highest BCUT2D eigenvalue weighted by molar-refractivity contribution is 6.27. The van der Waals surface area contributed by atoms with Crippen molar-refractivity contribution in [2.75, 3.05) is 18.5 Å². The molecule has 1 N–H and O–H groups in total. The number of rotatable bonds is 4. The van der Waals surface area contributed by atoms with E-state index in [1.807, 2.05) is 37.4 Å². The molecule has 4 heteroatoms. The molecule has 0 amide bonds. The number of hydrogen-bond acceptors (Lipinski definition) is 4. The Morgan fingerprint density at radius 1 is 1.41 bits per heavy atom. The van der Waals surface area contributed by atoms with Gasteiger partial charge in [0.1, 0.15) is 0 Å². The van der Waals surface area contributed by atoms with Gasteiger partial charge in [0.2, 0.25) is 5.78 Å². The molecule has 4 nitrogen and oxygen atoms in total. The van der Waals surface area contributed by atoms with E-state index < -0.39 is 0 Å². The first kappa shape index (κ1) is 11.8. The molecule has 1 heterocycles. The van der Waals surface area contributed by atoms with Gasteiger partial charge in [0, 0.05) is 25.3 Å². The predicted octanol–water partition coefficient (Wildman–Crippen LogP) is 0.621. The van der Waals surface area contributed by atoms with E-state index in [2.05, 4.69) is 10.2 Å². The molecule has 0 bridgehead atoms. The van der Waals surface area contributed by atoms with Crippen molar-refractivity contribution in [1.82, 2.24) is 5.32 Å². The second-order valence-electron chi connectivity index (χ2n) is 4.32. The van der Waals surface area contributed by atoms with Crippen LogP contribution in [0, 0.1) is 0 Å². The Morgan fingerprint density at radius 3 is 2.76 bits per heavy atom. The number of carbonyl (C=O) groups is 2. The predicted molar refractivity (Wildman–Crippen MR) is 66.1 cm³/mol. The maximum absolute atomic E-state index is 11.3. The summed E-state index contributed by atoms with van der Waals surface area (Å²) in [6.07, 6.45) is 1.09. The van der Waals surface area contributed by atoms with Crippen molar-refractivity contribution in [1.29, 1.82) is 0 Å². The number of carbonyl (C=O) groups excluding carboxylic acids is 2. The smallest absolute Gasteiger partial charge is 0.212 e. The van der Waals surface area contributed by atoms with Gasteiger partial charge in [-0.1, -0.05) is 18.2 Å². The summed E-state index contributed by atoms with van der Waals surface area (Å²) in [5.74, 6) is -0.353. The van der Waals surface area contributed by atoms with Crippen molar-refractivity contribution in [3.63, 3.8) is 0 Å². The Balaban J connectivity index is 2.01. The topological polar surface area (TPSA) is 49.4 Å². The lowest BCUT2D eigenvalue weighted by Crippen LogP contribution is -2.33. The van der Waals surface area contributed by atoms with Crippen LogP contribution in [0.2, 0.25) is 0 Å². The van der Waals surface area contributed by atoms with Crippen molar-refractivity contribution < 1.29 is 9.59 Å². The lowest BCUT2D eigenvalue weighted by Gasteiger charge is -2.26. The number of Topliss-reactive ketones (excluding diaryl/α,β-unsaturated/α-hetero) is 1. The summed E-state index contributed by atoms with van der Waals surface area (Å²) in [6.45, 7) is 0.732. The maximum Gasteiger partial charge on any atom is 0.212 e. The molecule has 0 aliphatic carbocycles. The second kappa shape index (κ2) is 5.10. The highest BCUT2D eigenvalue weighted by atomic mass is 16.2. The van der Waals surface area contributed by atoms with Gasteiger partial charge in [-0.05, 0) is 18.6 Å². The highest BCUT2D eigenvalue weighted by Gasteiger charge is 2.31. The number of hydrogen-bond donors (Lipinski definition) is 1. The van der Waals surface area contributed by atoms with Crippen LogP contribution in [0.3, 0.4) is 0 Å². The lowest BCUT2D eigenvalue weighted by atomic mass is 10.1. The van der Waals surface area contributed by atoms with E-state index in [1.54, 1.807) is 0 Å². The molecule has 2 rings (SSSR count). The van der Waals surface area contributed by atoms with Crippen LogP contribution >= 0.6 is 0 Å². The van der Waals surface area contributed by atoms with E-state index >= 15 is 0 Å². The Morgan fingerprint density at radius 2 is 2.12 bits per heavy atom. The van der Waals surface area contributed by atoms with E-state index in [0.29, 0.717) is 12.7 Å². The fourth-order valence-electron chi connectivity index (χ4n) is 2.18. The van der Waals surface area contributed by atoms with Gasteiger partial charge >= 0.3 is 0 Å². The third kappa shape index (κ3) is 2.53. The zero-order valence-electron chi connectivity index (χ0n) is 9.80. The summed E-state index contributed by atoms with van der Waals surface area (Å²) >= 11 is 0. The molecule has 1 aliphatic heterocycles. The van der Waals surface area contributed by atoms with E-state index in [0.717, 1.165) is 12.2 Å². The molecule has 2 atom stereocenters. The first-order valence-corrected chi connectivity index (χ1v) is 5.72. The van der Waals surface area contributed by atoms with E-state index in [9.17, 15) is 9.59 Å². The molecule has 1 aliphatic rings. The van der Waals surface area contributed by atoms with Crippen LogP contribution in [0.1, 0.15) is 6.42 Å². The van der Waals surface area contributed by atoms with Crippen LogP contribution < -0.4 is 10.2 Å². The first-order chi connectivity index (χ1) is 8.22. The largest absolute Gasteiger partial charge is 0.370 e. The second-order valence-corrected chi connectivity index (χ2v) is 4.32. The fourth-order valence-corrected chi connectivity index (χ4v) is 2.18. The van der Waals surface area contributed by atoms with E-state index in [1.165, 1.54) is 0 Å². The molecule has 1 saturated heterocycles. The van der Waals surface area contributed by atoms with Gasteiger partial charge < -0.3 is 10.2 Å². The number of ketones is 1. The quantitative estimate of drug-likeness (QED) is 0.611. The normalized spacial score (nSPS) is 23.4. The summed E-state index contributed by atoms with van der Waals surface area (Å²) in [6, 6.07) is 9.96. The summed E-state index contributed by atoms with van der Waals surface area (Å²) in [4.78, 5) is 23.8. The molecule has 1 fully saturated rings. The number of benzene rings is 1. The minimum Gasteiger partial charge on any atom is -0.370 e. The number of likely N-dealkylation sites (N-methyl/N-ethyl adjacent to an activating group) is 1. The third-order valence-corrected chi connectivity index (χ3v) is 3.28. The molecular formula is C13H16N2O2. The van der Waals surface area contributed by atoms with Crippen LogP contribution in [-0.2, 0) is 9.59 Å². The van der Waals surface area contributed by atoms with Crippen LogP contribution in [0.5, 0.6) is 0 Å². The lowest BCUT2D eigenvalue weighted by molar-refractivity contribution is -0.131. The minimum absolute atomic E-state index is 0.256.